The standard InChI is InChI=1S/C22H22N2O4S/c1-12-9-10-15-16(11-12)29-21(18(15)22(26)27-3)23-20(25)17-13(2)28-24-19(17)14-7-5-4-6-8-14/h4-8,12H,9-11H2,1-3H3,(H,23,25)/t12-/m1/s1. The van der Waals surface area contributed by atoms with Gasteiger partial charge in [0.1, 0.15) is 22.0 Å². The lowest BCUT2D eigenvalue weighted by Crippen LogP contribution is -2.16. The zero-order valence-electron chi connectivity index (χ0n) is 16.6. The van der Waals surface area contributed by atoms with Crippen LogP contribution in [0.3, 0.4) is 0 Å². The molecule has 29 heavy (non-hydrogen) atoms. The maximum Gasteiger partial charge on any atom is 0.341 e. The van der Waals surface area contributed by atoms with Crippen LogP contribution in [0.1, 0.15) is 50.3 Å². The van der Waals surface area contributed by atoms with Crippen LogP contribution in [0.5, 0.6) is 0 Å². The summed E-state index contributed by atoms with van der Waals surface area (Å²) < 4.78 is 10.3. The molecule has 0 saturated heterocycles. The van der Waals surface area contributed by atoms with E-state index in [-0.39, 0.29) is 5.91 Å². The summed E-state index contributed by atoms with van der Waals surface area (Å²) in [6.07, 6.45) is 2.74. The van der Waals surface area contributed by atoms with E-state index in [1.807, 2.05) is 30.3 Å². The average molecular weight is 410 g/mol. The van der Waals surface area contributed by atoms with E-state index >= 15 is 0 Å². The van der Waals surface area contributed by atoms with Gasteiger partial charge in [-0.05, 0) is 37.7 Å². The summed E-state index contributed by atoms with van der Waals surface area (Å²) in [5.74, 6) is 0.216. The Kier molecular flexibility index (Phi) is 5.24. The second-order valence-electron chi connectivity index (χ2n) is 7.33. The molecule has 2 heterocycles. The molecule has 0 bridgehead atoms. The van der Waals surface area contributed by atoms with Gasteiger partial charge in [0.2, 0.25) is 0 Å². The zero-order chi connectivity index (χ0) is 20.5. The predicted molar refractivity (Wildman–Crippen MR) is 111 cm³/mol. The van der Waals surface area contributed by atoms with Crippen molar-refractivity contribution < 1.29 is 18.8 Å². The van der Waals surface area contributed by atoms with Gasteiger partial charge in [-0.25, -0.2) is 4.79 Å². The molecule has 0 unspecified atom stereocenters. The van der Waals surface area contributed by atoms with Crippen molar-refractivity contribution in [1.29, 1.82) is 0 Å². The highest BCUT2D eigenvalue weighted by Crippen LogP contribution is 2.40. The number of nitrogens with zero attached hydrogens (tertiary/aromatic N) is 1. The van der Waals surface area contributed by atoms with Crippen LogP contribution in [0, 0.1) is 12.8 Å². The summed E-state index contributed by atoms with van der Waals surface area (Å²) >= 11 is 1.46. The Bertz CT molecular complexity index is 1070. The van der Waals surface area contributed by atoms with E-state index in [0.29, 0.717) is 33.5 Å². The minimum atomic E-state index is -0.419. The lowest BCUT2D eigenvalue weighted by atomic mass is 9.88. The van der Waals surface area contributed by atoms with Crippen LogP contribution in [-0.2, 0) is 17.6 Å². The third kappa shape index (κ3) is 3.58. The Morgan fingerprint density at radius 2 is 2.00 bits per heavy atom. The maximum absolute atomic E-state index is 13.2. The number of carbonyl (C=O) groups is 2. The van der Waals surface area contributed by atoms with Crippen molar-refractivity contribution in [3.8, 4) is 11.3 Å². The van der Waals surface area contributed by atoms with Gasteiger partial charge in [-0.15, -0.1) is 11.3 Å². The topological polar surface area (TPSA) is 81.4 Å². The summed E-state index contributed by atoms with van der Waals surface area (Å²) in [6.45, 7) is 3.90. The van der Waals surface area contributed by atoms with E-state index in [1.54, 1.807) is 6.92 Å². The molecule has 1 aliphatic rings. The van der Waals surface area contributed by atoms with E-state index in [2.05, 4.69) is 17.4 Å². The van der Waals surface area contributed by atoms with Gasteiger partial charge in [-0.1, -0.05) is 42.4 Å². The van der Waals surface area contributed by atoms with Crippen LogP contribution in [0.2, 0.25) is 0 Å². The number of methoxy groups -OCH3 is 1. The van der Waals surface area contributed by atoms with Gasteiger partial charge in [-0.3, -0.25) is 4.79 Å². The molecule has 0 fully saturated rings. The Labute approximate surface area is 172 Å². The number of amides is 1. The summed E-state index contributed by atoms with van der Waals surface area (Å²) in [7, 11) is 1.36. The fourth-order valence-electron chi connectivity index (χ4n) is 3.76. The lowest BCUT2D eigenvalue weighted by Gasteiger charge is -2.18. The number of benzene rings is 1. The number of fused-ring (bicyclic) bond motifs is 1. The molecule has 4 rings (SSSR count). The molecule has 1 aromatic carbocycles. The van der Waals surface area contributed by atoms with E-state index in [1.165, 1.54) is 18.4 Å². The fourth-order valence-corrected chi connectivity index (χ4v) is 5.15. The molecular formula is C22H22N2O4S. The number of thiophene rings is 1. The van der Waals surface area contributed by atoms with Gasteiger partial charge in [0.25, 0.3) is 5.91 Å². The molecule has 0 aliphatic heterocycles. The number of hydrogen-bond donors (Lipinski definition) is 1. The SMILES string of the molecule is COC(=O)c1c(NC(=O)c2c(-c3ccccc3)noc2C)sc2c1CC[C@@H](C)C2. The van der Waals surface area contributed by atoms with Crippen molar-refractivity contribution in [3.05, 3.63) is 57.7 Å². The number of aryl methyl sites for hydroxylation is 1. The molecule has 150 valence electrons. The van der Waals surface area contributed by atoms with Crippen molar-refractivity contribution in [2.24, 2.45) is 5.92 Å². The van der Waals surface area contributed by atoms with Crippen molar-refractivity contribution in [2.45, 2.75) is 33.1 Å². The first-order valence-corrected chi connectivity index (χ1v) is 10.4. The van der Waals surface area contributed by atoms with E-state index in [9.17, 15) is 9.59 Å². The molecule has 0 spiro atoms. The molecule has 3 aromatic rings. The van der Waals surface area contributed by atoms with Crippen LogP contribution in [0.4, 0.5) is 5.00 Å². The third-order valence-corrected chi connectivity index (χ3v) is 6.44. The van der Waals surface area contributed by atoms with Crippen LogP contribution >= 0.6 is 11.3 Å². The molecule has 2 aromatic heterocycles. The van der Waals surface area contributed by atoms with Crippen molar-refractivity contribution in [2.75, 3.05) is 12.4 Å². The van der Waals surface area contributed by atoms with Crippen LogP contribution in [0.15, 0.2) is 34.9 Å². The van der Waals surface area contributed by atoms with Gasteiger partial charge >= 0.3 is 5.97 Å². The molecule has 6 nitrogen and oxygen atoms in total. The number of aromatic nitrogens is 1. The van der Waals surface area contributed by atoms with Crippen LogP contribution in [0.25, 0.3) is 11.3 Å². The summed E-state index contributed by atoms with van der Waals surface area (Å²) in [4.78, 5) is 26.8. The Balaban J connectivity index is 1.72. The number of carbonyl (C=O) groups excluding carboxylic acids is 2. The van der Waals surface area contributed by atoms with Crippen LogP contribution < -0.4 is 5.32 Å². The van der Waals surface area contributed by atoms with Gasteiger partial charge < -0.3 is 14.6 Å². The molecular weight excluding hydrogens is 388 g/mol. The molecule has 7 heteroatoms. The highest BCUT2D eigenvalue weighted by atomic mass is 32.1. The summed E-state index contributed by atoms with van der Waals surface area (Å²) in [5.41, 5.74) is 3.12. The minimum Gasteiger partial charge on any atom is -0.465 e. The number of hydrogen-bond acceptors (Lipinski definition) is 6. The van der Waals surface area contributed by atoms with Crippen LogP contribution in [-0.4, -0.2) is 24.1 Å². The zero-order valence-corrected chi connectivity index (χ0v) is 17.4. The third-order valence-electron chi connectivity index (χ3n) is 5.27. The first kappa shape index (κ1) is 19.4. The molecule has 0 radical (unpaired) electrons. The monoisotopic (exact) mass is 410 g/mol. The molecule has 1 atom stereocenters. The number of nitrogens with one attached hydrogen (secondary N) is 1. The first-order valence-electron chi connectivity index (χ1n) is 9.55. The Hall–Kier alpha value is -2.93. The second-order valence-corrected chi connectivity index (χ2v) is 8.44. The van der Waals surface area contributed by atoms with E-state index in [4.69, 9.17) is 9.26 Å². The Morgan fingerprint density at radius 3 is 2.72 bits per heavy atom. The lowest BCUT2D eigenvalue weighted by molar-refractivity contribution is 0.0601. The number of anilines is 1. The van der Waals surface area contributed by atoms with Gasteiger partial charge in [0.15, 0.2) is 0 Å². The van der Waals surface area contributed by atoms with Crippen molar-refractivity contribution in [3.63, 3.8) is 0 Å². The van der Waals surface area contributed by atoms with Crippen molar-refractivity contribution in [1.82, 2.24) is 5.16 Å². The smallest absolute Gasteiger partial charge is 0.341 e. The van der Waals surface area contributed by atoms with Gasteiger partial charge in [-0.2, -0.15) is 0 Å². The van der Waals surface area contributed by atoms with Crippen molar-refractivity contribution >= 4 is 28.2 Å². The largest absolute Gasteiger partial charge is 0.465 e. The average Bonchev–Trinajstić information content (AvgIpc) is 3.27. The number of rotatable bonds is 4. The quantitative estimate of drug-likeness (QED) is 0.620. The molecule has 1 amide bonds. The predicted octanol–water partition coefficient (Wildman–Crippen LogP) is 4.88. The normalized spacial score (nSPS) is 15.6. The molecule has 0 saturated carbocycles. The van der Waals surface area contributed by atoms with Gasteiger partial charge in [0.05, 0.1) is 12.7 Å². The van der Waals surface area contributed by atoms with Gasteiger partial charge in [0, 0.05) is 10.4 Å². The summed E-state index contributed by atoms with van der Waals surface area (Å²) in [6, 6.07) is 9.41. The highest BCUT2D eigenvalue weighted by Gasteiger charge is 2.30. The summed E-state index contributed by atoms with van der Waals surface area (Å²) in [5, 5.41) is 7.53. The fraction of sp³-hybridized carbons (Fsp3) is 0.318. The van der Waals surface area contributed by atoms with E-state index in [0.717, 1.165) is 35.3 Å². The Morgan fingerprint density at radius 1 is 1.24 bits per heavy atom. The highest BCUT2D eigenvalue weighted by molar-refractivity contribution is 7.17. The van der Waals surface area contributed by atoms with E-state index < -0.39 is 5.97 Å². The maximum atomic E-state index is 13.2. The minimum absolute atomic E-state index is 0.348. The molecule has 1 N–H and O–H groups in total. The molecule has 1 aliphatic carbocycles. The second kappa shape index (κ2) is 7.83. The first-order chi connectivity index (χ1) is 14.0. The number of esters is 1. The number of ether oxygens (including phenoxy) is 1.